The monoisotopic (exact) mass is 276 g/mol. The Balaban J connectivity index is 1.57. The zero-order valence-corrected chi connectivity index (χ0v) is 11.3. The highest BCUT2D eigenvalue weighted by Crippen LogP contribution is 2.07. The molecule has 0 radical (unpaired) electrons. The second-order valence-corrected chi connectivity index (χ2v) is 4.99. The predicted molar refractivity (Wildman–Crippen MR) is 75.8 cm³/mol. The van der Waals surface area contributed by atoms with Crippen LogP contribution in [-0.2, 0) is 17.9 Å². The summed E-state index contributed by atoms with van der Waals surface area (Å²) in [6, 6.07) is 13.4. The third kappa shape index (κ3) is 5.11. The normalized spacial score (nSPS) is 10.1. The number of benzene rings is 1. The summed E-state index contributed by atoms with van der Waals surface area (Å²) >= 11 is 1.69. The predicted octanol–water partition coefficient (Wildman–Crippen LogP) is 2.72. The molecule has 0 unspecified atom stereocenters. The number of urea groups is 1. The van der Waals surface area contributed by atoms with Crippen molar-refractivity contribution in [2.45, 2.75) is 13.0 Å². The molecule has 0 spiro atoms. The molecular formula is C14H16N2O2S. The Morgan fingerprint density at radius 1 is 1.16 bits per heavy atom. The maximum atomic E-state index is 11.4. The molecule has 1 aromatic heterocycles. The lowest BCUT2D eigenvalue weighted by Crippen LogP contribution is -2.36. The molecule has 2 rings (SSSR count). The summed E-state index contributed by atoms with van der Waals surface area (Å²) < 4.78 is 0. The van der Waals surface area contributed by atoms with Crippen LogP contribution in [0.4, 0.5) is 4.79 Å². The molecule has 4 nitrogen and oxygen atoms in total. The zero-order chi connectivity index (χ0) is 13.3. The number of carbonyl (C=O) groups excluding carboxylic acids is 1. The Bertz CT molecular complexity index is 485. The van der Waals surface area contributed by atoms with Crippen LogP contribution in [0, 0.1) is 0 Å². The maximum absolute atomic E-state index is 11.4. The van der Waals surface area contributed by atoms with Gasteiger partial charge < -0.3 is 5.32 Å². The van der Waals surface area contributed by atoms with E-state index in [9.17, 15) is 4.79 Å². The molecule has 2 amide bonds. The zero-order valence-electron chi connectivity index (χ0n) is 10.5. The summed E-state index contributed by atoms with van der Waals surface area (Å²) in [5.41, 5.74) is 3.38. The molecule has 2 aromatic rings. The van der Waals surface area contributed by atoms with Gasteiger partial charge in [-0.1, -0.05) is 36.4 Å². The van der Waals surface area contributed by atoms with Gasteiger partial charge in [0.25, 0.3) is 0 Å². The molecule has 0 bridgehead atoms. The van der Waals surface area contributed by atoms with E-state index < -0.39 is 0 Å². The molecule has 0 aliphatic heterocycles. The molecule has 5 heteroatoms. The number of hydroxylamine groups is 1. The fourth-order valence-corrected chi connectivity index (χ4v) is 2.26. The van der Waals surface area contributed by atoms with E-state index in [0.717, 1.165) is 12.0 Å². The number of thiophene rings is 1. The summed E-state index contributed by atoms with van der Waals surface area (Å²) in [4.78, 5) is 17.8. The Hall–Kier alpha value is -1.85. The second kappa shape index (κ2) is 7.56. The SMILES string of the molecule is O=C(NCCc1cccs1)NOCc1ccccc1. The van der Waals surface area contributed by atoms with Crippen molar-refractivity contribution in [3.05, 3.63) is 58.3 Å². The Morgan fingerprint density at radius 2 is 2.00 bits per heavy atom. The Kier molecular flexibility index (Phi) is 5.40. The van der Waals surface area contributed by atoms with E-state index in [4.69, 9.17) is 4.84 Å². The van der Waals surface area contributed by atoms with Crippen molar-refractivity contribution in [3.63, 3.8) is 0 Å². The molecule has 19 heavy (non-hydrogen) atoms. The van der Waals surface area contributed by atoms with Crippen LogP contribution < -0.4 is 10.8 Å². The first-order valence-electron chi connectivity index (χ1n) is 6.06. The van der Waals surface area contributed by atoms with Gasteiger partial charge in [-0.05, 0) is 23.4 Å². The first kappa shape index (κ1) is 13.6. The van der Waals surface area contributed by atoms with Gasteiger partial charge >= 0.3 is 6.03 Å². The van der Waals surface area contributed by atoms with E-state index >= 15 is 0 Å². The fraction of sp³-hybridized carbons (Fsp3) is 0.214. The van der Waals surface area contributed by atoms with Gasteiger partial charge in [0.2, 0.25) is 0 Å². The summed E-state index contributed by atoms with van der Waals surface area (Å²) in [5.74, 6) is 0. The van der Waals surface area contributed by atoms with Crippen LogP contribution >= 0.6 is 11.3 Å². The van der Waals surface area contributed by atoms with Crippen LogP contribution in [0.5, 0.6) is 0 Å². The molecular weight excluding hydrogens is 260 g/mol. The van der Waals surface area contributed by atoms with Gasteiger partial charge in [-0.25, -0.2) is 10.3 Å². The van der Waals surface area contributed by atoms with E-state index in [1.807, 2.05) is 41.8 Å². The number of carbonyl (C=O) groups is 1. The first-order valence-corrected chi connectivity index (χ1v) is 6.94. The number of hydrogen-bond donors (Lipinski definition) is 2. The average molecular weight is 276 g/mol. The molecule has 0 aliphatic rings. The minimum absolute atomic E-state index is 0.313. The van der Waals surface area contributed by atoms with Crippen molar-refractivity contribution in [1.29, 1.82) is 0 Å². The molecule has 2 N–H and O–H groups in total. The van der Waals surface area contributed by atoms with Gasteiger partial charge in [-0.3, -0.25) is 4.84 Å². The standard InChI is InChI=1S/C14H16N2O2S/c17-14(15-9-8-13-7-4-10-19-13)16-18-11-12-5-2-1-3-6-12/h1-7,10H,8-9,11H2,(H2,15,16,17). The third-order valence-electron chi connectivity index (χ3n) is 2.48. The van der Waals surface area contributed by atoms with Crippen LogP contribution in [0.2, 0.25) is 0 Å². The summed E-state index contributed by atoms with van der Waals surface area (Å²) in [6.45, 7) is 0.959. The van der Waals surface area contributed by atoms with Gasteiger partial charge in [-0.15, -0.1) is 11.3 Å². The van der Waals surface area contributed by atoms with Crippen molar-refractivity contribution in [1.82, 2.24) is 10.8 Å². The van der Waals surface area contributed by atoms with Crippen LogP contribution in [0.1, 0.15) is 10.4 Å². The largest absolute Gasteiger partial charge is 0.338 e. The molecule has 0 saturated heterocycles. The summed E-state index contributed by atoms with van der Waals surface area (Å²) in [6.07, 6.45) is 0.837. The van der Waals surface area contributed by atoms with Crippen LogP contribution in [0.25, 0.3) is 0 Å². The molecule has 0 saturated carbocycles. The molecule has 0 aliphatic carbocycles. The van der Waals surface area contributed by atoms with E-state index in [-0.39, 0.29) is 6.03 Å². The smallest absolute Gasteiger partial charge is 0.336 e. The van der Waals surface area contributed by atoms with E-state index in [1.165, 1.54) is 4.88 Å². The summed E-state index contributed by atoms with van der Waals surface area (Å²) in [5, 5.41) is 4.76. The van der Waals surface area contributed by atoms with Crippen molar-refractivity contribution in [2.24, 2.45) is 0 Å². The fourth-order valence-electron chi connectivity index (χ4n) is 1.55. The van der Waals surface area contributed by atoms with E-state index in [2.05, 4.69) is 16.9 Å². The topological polar surface area (TPSA) is 50.4 Å². The number of nitrogens with one attached hydrogen (secondary N) is 2. The van der Waals surface area contributed by atoms with Gasteiger partial charge in [0, 0.05) is 11.4 Å². The molecule has 0 fully saturated rings. The third-order valence-corrected chi connectivity index (χ3v) is 3.42. The lowest BCUT2D eigenvalue weighted by atomic mass is 10.2. The van der Waals surface area contributed by atoms with Crippen LogP contribution in [0.3, 0.4) is 0 Å². The van der Waals surface area contributed by atoms with Gasteiger partial charge in [0.05, 0.1) is 6.61 Å². The molecule has 0 atom stereocenters. The number of amides is 2. The lowest BCUT2D eigenvalue weighted by Gasteiger charge is -2.07. The number of hydrogen-bond acceptors (Lipinski definition) is 3. The second-order valence-electron chi connectivity index (χ2n) is 3.96. The van der Waals surface area contributed by atoms with Gasteiger partial charge in [0.15, 0.2) is 0 Å². The van der Waals surface area contributed by atoms with E-state index in [1.54, 1.807) is 11.3 Å². The van der Waals surface area contributed by atoms with Gasteiger partial charge in [-0.2, -0.15) is 0 Å². The van der Waals surface area contributed by atoms with Gasteiger partial charge in [0.1, 0.15) is 0 Å². The molecule has 1 aromatic carbocycles. The van der Waals surface area contributed by atoms with Crippen molar-refractivity contribution < 1.29 is 9.63 Å². The van der Waals surface area contributed by atoms with Crippen molar-refractivity contribution in [2.75, 3.05) is 6.54 Å². The Labute approximate surface area is 116 Å². The average Bonchev–Trinajstić information content (AvgIpc) is 2.93. The van der Waals surface area contributed by atoms with Crippen LogP contribution in [-0.4, -0.2) is 12.6 Å². The molecule has 100 valence electrons. The highest BCUT2D eigenvalue weighted by molar-refractivity contribution is 7.09. The Morgan fingerprint density at radius 3 is 2.74 bits per heavy atom. The number of rotatable bonds is 6. The van der Waals surface area contributed by atoms with Crippen LogP contribution in [0.15, 0.2) is 47.8 Å². The van der Waals surface area contributed by atoms with E-state index in [0.29, 0.717) is 13.2 Å². The van der Waals surface area contributed by atoms with Crippen molar-refractivity contribution in [3.8, 4) is 0 Å². The van der Waals surface area contributed by atoms with Crippen molar-refractivity contribution >= 4 is 17.4 Å². The maximum Gasteiger partial charge on any atom is 0.338 e. The summed E-state index contributed by atoms with van der Waals surface area (Å²) in [7, 11) is 0. The first-order chi connectivity index (χ1) is 9.34. The lowest BCUT2D eigenvalue weighted by molar-refractivity contribution is 0.0492. The highest BCUT2D eigenvalue weighted by atomic mass is 32.1. The highest BCUT2D eigenvalue weighted by Gasteiger charge is 2.00. The minimum atomic E-state index is -0.313. The quantitative estimate of drug-likeness (QED) is 0.797. The minimum Gasteiger partial charge on any atom is -0.336 e. The molecule has 1 heterocycles.